The third-order valence-corrected chi connectivity index (χ3v) is 4.61. The van der Waals surface area contributed by atoms with Gasteiger partial charge in [-0.15, -0.1) is 0 Å². The molecule has 1 heterocycles. The van der Waals surface area contributed by atoms with Gasteiger partial charge in [-0.3, -0.25) is 4.79 Å². The maximum absolute atomic E-state index is 12.5. The van der Waals surface area contributed by atoms with Crippen LogP contribution in [-0.2, 0) is 19.6 Å². The first-order chi connectivity index (χ1) is 11.3. The lowest BCUT2D eigenvalue weighted by Crippen LogP contribution is -2.37. The summed E-state index contributed by atoms with van der Waals surface area (Å²) in [5.41, 5.74) is 1.04. The van der Waals surface area contributed by atoms with Crippen molar-refractivity contribution in [1.82, 2.24) is 9.71 Å². The van der Waals surface area contributed by atoms with Crippen molar-refractivity contribution < 1.29 is 17.9 Å². The minimum Gasteiger partial charge on any atom is -0.361 e. The van der Waals surface area contributed by atoms with Gasteiger partial charge in [0, 0.05) is 6.20 Å². The van der Waals surface area contributed by atoms with Crippen LogP contribution in [0, 0.1) is 6.92 Å². The molecule has 0 aliphatic rings. The average molecular weight is 348 g/mol. The fourth-order valence-corrected chi connectivity index (χ4v) is 3.34. The molecule has 24 heavy (non-hydrogen) atoms. The number of aryl methyl sites for hydroxylation is 1. The number of amides is 1. The molecule has 2 rings (SSSR count). The van der Waals surface area contributed by atoms with E-state index in [4.69, 9.17) is 4.74 Å². The predicted molar refractivity (Wildman–Crippen MR) is 89.7 cm³/mol. The fourth-order valence-electron chi connectivity index (χ4n) is 2.18. The zero-order chi connectivity index (χ0) is 17.7. The predicted octanol–water partition coefficient (Wildman–Crippen LogP) is 2.36. The quantitative estimate of drug-likeness (QED) is 0.866. The van der Waals surface area contributed by atoms with Crippen molar-refractivity contribution in [2.45, 2.75) is 38.0 Å². The maximum Gasteiger partial charge on any atom is 0.281 e. The lowest BCUT2D eigenvalue weighted by atomic mass is 10.1. The number of pyridine rings is 1. The fraction of sp³-hybridized carbons (Fsp3) is 0.294. The molecule has 2 aromatic rings. The van der Waals surface area contributed by atoms with Crippen molar-refractivity contribution in [3.8, 4) is 0 Å². The largest absolute Gasteiger partial charge is 0.361 e. The monoisotopic (exact) mass is 348 g/mol. The molecule has 128 valence electrons. The van der Waals surface area contributed by atoms with Gasteiger partial charge in [0.15, 0.2) is 11.1 Å². The first kappa shape index (κ1) is 18.1. The van der Waals surface area contributed by atoms with Crippen LogP contribution in [0.15, 0.2) is 53.7 Å². The maximum atomic E-state index is 12.5. The average Bonchev–Trinajstić information content (AvgIpc) is 2.53. The van der Waals surface area contributed by atoms with Crippen LogP contribution in [0.1, 0.15) is 31.1 Å². The first-order valence-corrected chi connectivity index (χ1v) is 8.98. The molecular formula is C17H20N2O4S. The van der Waals surface area contributed by atoms with E-state index in [1.165, 1.54) is 6.20 Å². The summed E-state index contributed by atoms with van der Waals surface area (Å²) >= 11 is 0. The number of hydrogen-bond acceptors (Lipinski definition) is 5. The number of nitrogens with one attached hydrogen (secondary N) is 1. The molecule has 0 saturated carbocycles. The highest BCUT2D eigenvalue weighted by Gasteiger charge is 2.28. The highest BCUT2D eigenvalue weighted by atomic mass is 32.2. The van der Waals surface area contributed by atoms with Gasteiger partial charge >= 0.3 is 0 Å². The number of aromatic nitrogens is 1. The molecule has 0 bridgehead atoms. The van der Waals surface area contributed by atoms with E-state index < -0.39 is 22.0 Å². The van der Waals surface area contributed by atoms with E-state index in [1.807, 2.05) is 6.07 Å². The van der Waals surface area contributed by atoms with Crippen LogP contribution >= 0.6 is 0 Å². The van der Waals surface area contributed by atoms with E-state index in [1.54, 1.807) is 57.2 Å². The van der Waals surface area contributed by atoms with Crippen LogP contribution in [0.5, 0.6) is 0 Å². The number of carbonyl (C=O) groups is 1. The van der Waals surface area contributed by atoms with E-state index in [-0.39, 0.29) is 11.1 Å². The molecule has 1 aromatic heterocycles. The van der Waals surface area contributed by atoms with E-state index in [0.717, 1.165) is 0 Å². The molecule has 0 aliphatic carbocycles. The van der Waals surface area contributed by atoms with Crippen molar-refractivity contribution >= 4 is 15.9 Å². The van der Waals surface area contributed by atoms with Crippen LogP contribution in [0.25, 0.3) is 0 Å². The number of rotatable bonds is 6. The molecule has 1 unspecified atom stereocenters. The van der Waals surface area contributed by atoms with E-state index in [0.29, 0.717) is 11.1 Å². The zero-order valence-electron chi connectivity index (χ0n) is 13.8. The van der Waals surface area contributed by atoms with Crippen LogP contribution in [0.3, 0.4) is 0 Å². The van der Waals surface area contributed by atoms with Crippen molar-refractivity contribution in [2.24, 2.45) is 0 Å². The SMILES string of the molecule is Cc1cccnc1S(=O)(=O)NC(=O)C(OC(C)C)c1ccccc1. The van der Waals surface area contributed by atoms with Crippen molar-refractivity contribution in [3.63, 3.8) is 0 Å². The van der Waals surface area contributed by atoms with Gasteiger partial charge < -0.3 is 4.74 Å². The standard InChI is InChI=1S/C17H20N2O4S/c1-12(2)23-15(14-9-5-4-6-10-14)16(20)19-24(21,22)17-13(3)8-7-11-18-17/h4-12,15H,1-3H3,(H,19,20). The Hall–Kier alpha value is -2.25. The minimum absolute atomic E-state index is 0.172. The zero-order valence-corrected chi connectivity index (χ0v) is 14.6. The topological polar surface area (TPSA) is 85.4 Å². The molecule has 1 atom stereocenters. The Morgan fingerprint density at radius 1 is 1.12 bits per heavy atom. The molecule has 1 amide bonds. The summed E-state index contributed by atoms with van der Waals surface area (Å²) in [5, 5.41) is -0.172. The van der Waals surface area contributed by atoms with Gasteiger partial charge in [-0.2, -0.15) is 8.42 Å². The lowest BCUT2D eigenvalue weighted by molar-refractivity contribution is -0.134. The first-order valence-electron chi connectivity index (χ1n) is 7.50. The molecule has 1 aromatic carbocycles. The minimum atomic E-state index is -4.07. The third-order valence-electron chi connectivity index (χ3n) is 3.20. The summed E-state index contributed by atoms with van der Waals surface area (Å²) in [6, 6.07) is 12.0. The summed E-state index contributed by atoms with van der Waals surface area (Å²) < 4.78 is 32.5. The van der Waals surface area contributed by atoms with Gasteiger partial charge in [0.25, 0.3) is 15.9 Å². The molecule has 6 nitrogen and oxygen atoms in total. The van der Waals surface area contributed by atoms with Gasteiger partial charge in [0.05, 0.1) is 6.10 Å². The highest BCUT2D eigenvalue weighted by molar-refractivity contribution is 7.90. The van der Waals surface area contributed by atoms with Crippen LogP contribution in [0.2, 0.25) is 0 Å². The Morgan fingerprint density at radius 3 is 2.38 bits per heavy atom. The van der Waals surface area contributed by atoms with Gasteiger partial charge in [0.2, 0.25) is 0 Å². The number of sulfonamides is 1. The lowest BCUT2D eigenvalue weighted by Gasteiger charge is -2.20. The van der Waals surface area contributed by atoms with Gasteiger partial charge in [-0.1, -0.05) is 36.4 Å². The van der Waals surface area contributed by atoms with Crippen LogP contribution < -0.4 is 4.72 Å². The molecule has 7 heteroatoms. The number of benzene rings is 1. The summed E-state index contributed by atoms with van der Waals surface area (Å²) in [6.07, 6.45) is 0.0935. The van der Waals surface area contributed by atoms with Crippen molar-refractivity contribution in [2.75, 3.05) is 0 Å². The van der Waals surface area contributed by atoms with Crippen LogP contribution in [-0.4, -0.2) is 25.4 Å². The van der Waals surface area contributed by atoms with Gasteiger partial charge in [0.1, 0.15) is 0 Å². The molecule has 0 radical (unpaired) electrons. The third kappa shape index (κ3) is 4.39. The Morgan fingerprint density at radius 2 is 1.79 bits per heavy atom. The normalized spacial score (nSPS) is 12.8. The number of nitrogens with zero attached hydrogens (tertiary/aromatic N) is 1. The number of carbonyl (C=O) groups excluding carboxylic acids is 1. The summed E-state index contributed by atoms with van der Waals surface area (Å²) in [5.74, 6) is -0.750. The molecule has 1 N–H and O–H groups in total. The summed E-state index contributed by atoms with van der Waals surface area (Å²) in [7, 11) is -4.07. The van der Waals surface area contributed by atoms with E-state index in [9.17, 15) is 13.2 Å². The highest BCUT2D eigenvalue weighted by Crippen LogP contribution is 2.20. The smallest absolute Gasteiger partial charge is 0.281 e. The Labute approximate surface area is 141 Å². The Balaban J connectivity index is 2.29. The number of ether oxygens (including phenoxy) is 1. The van der Waals surface area contributed by atoms with Gasteiger partial charge in [-0.05, 0) is 38.0 Å². The van der Waals surface area contributed by atoms with E-state index >= 15 is 0 Å². The molecule has 0 saturated heterocycles. The Kier molecular flexibility index (Phi) is 5.69. The number of hydrogen-bond donors (Lipinski definition) is 1. The van der Waals surface area contributed by atoms with Crippen LogP contribution in [0.4, 0.5) is 0 Å². The second-order valence-electron chi connectivity index (χ2n) is 5.57. The van der Waals surface area contributed by atoms with Crippen molar-refractivity contribution in [1.29, 1.82) is 0 Å². The molecule has 0 fully saturated rings. The molecular weight excluding hydrogens is 328 g/mol. The summed E-state index contributed by atoms with van der Waals surface area (Å²) in [4.78, 5) is 16.4. The van der Waals surface area contributed by atoms with Crippen molar-refractivity contribution in [3.05, 3.63) is 59.8 Å². The second-order valence-corrected chi connectivity index (χ2v) is 7.17. The summed E-state index contributed by atoms with van der Waals surface area (Å²) in [6.45, 7) is 5.17. The molecule has 0 aliphatic heterocycles. The molecule has 0 spiro atoms. The van der Waals surface area contributed by atoms with E-state index in [2.05, 4.69) is 9.71 Å². The van der Waals surface area contributed by atoms with Gasteiger partial charge in [-0.25, -0.2) is 9.71 Å². The second kappa shape index (κ2) is 7.55. The Bertz CT molecular complexity index is 804.